The number of thiophene rings is 1. The first-order valence-corrected chi connectivity index (χ1v) is 19.1. The first kappa shape index (κ1) is 29.0. The van der Waals surface area contributed by atoms with Gasteiger partial charge in [0, 0.05) is 47.1 Å². The molecule has 1 aliphatic rings. The van der Waals surface area contributed by atoms with Crippen molar-refractivity contribution in [2.75, 3.05) is 5.32 Å². The van der Waals surface area contributed by atoms with Crippen LogP contribution in [-0.2, 0) is 0 Å². The molecule has 0 bridgehead atoms. The van der Waals surface area contributed by atoms with Crippen LogP contribution in [0.4, 0.5) is 5.69 Å². The van der Waals surface area contributed by atoms with Crippen molar-refractivity contribution in [2.24, 2.45) is 0 Å². The normalized spacial score (nSPS) is 14.2. The van der Waals surface area contributed by atoms with Gasteiger partial charge in [0.2, 0.25) is 0 Å². The third-order valence-electron chi connectivity index (χ3n) is 10.4. The lowest BCUT2D eigenvalue weighted by Crippen LogP contribution is -2.01. The van der Waals surface area contributed by atoms with Crippen LogP contribution in [0.5, 0.6) is 0 Å². The zero-order valence-electron chi connectivity index (χ0n) is 27.5. The van der Waals surface area contributed by atoms with Gasteiger partial charge >= 0.3 is 0 Å². The summed E-state index contributed by atoms with van der Waals surface area (Å²) < 4.78 is 5.12. The van der Waals surface area contributed by atoms with Crippen molar-refractivity contribution < 1.29 is 0 Å². The van der Waals surface area contributed by atoms with E-state index in [1.165, 1.54) is 96.8 Å². The summed E-state index contributed by atoms with van der Waals surface area (Å²) in [7, 11) is 0. The van der Waals surface area contributed by atoms with Gasteiger partial charge in [-0.05, 0) is 69.4 Å². The highest BCUT2D eigenvalue weighted by molar-refractivity contribution is 8.00. The second-order valence-corrected chi connectivity index (χ2v) is 15.5. The maximum atomic E-state index is 3.91. The molecule has 11 rings (SSSR count). The van der Waals surface area contributed by atoms with Gasteiger partial charge in [-0.25, -0.2) is 0 Å². The summed E-state index contributed by atoms with van der Waals surface area (Å²) in [6.45, 7) is 0. The van der Waals surface area contributed by atoms with E-state index in [0.29, 0.717) is 0 Å². The minimum atomic E-state index is 0.139. The summed E-state index contributed by atoms with van der Waals surface area (Å²) in [5.74, 6) is 0. The molecular weight excluding hydrogens is 657 g/mol. The third-order valence-corrected chi connectivity index (χ3v) is 12.9. The number of para-hydroxylation sites is 1. The Morgan fingerprint density at radius 3 is 2.12 bits per heavy atom. The number of rotatable bonds is 4. The second kappa shape index (κ2) is 11.4. The monoisotopic (exact) mass is 686 g/mol. The molecule has 4 heteroatoms. The number of nitrogens with one attached hydrogen (secondary N) is 1. The molecule has 0 saturated heterocycles. The topological polar surface area (TPSA) is 17.0 Å². The Kier molecular flexibility index (Phi) is 6.45. The van der Waals surface area contributed by atoms with Gasteiger partial charge in [-0.2, -0.15) is 0 Å². The highest BCUT2D eigenvalue weighted by atomic mass is 32.2. The van der Waals surface area contributed by atoms with E-state index < -0.39 is 0 Å². The molecule has 51 heavy (non-hydrogen) atoms. The van der Waals surface area contributed by atoms with E-state index in [-0.39, 0.29) is 5.37 Å². The smallest absolute Gasteiger partial charge is 0.103 e. The largest absolute Gasteiger partial charge is 0.368 e. The highest BCUT2D eigenvalue weighted by Gasteiger charge is 2.28. The average molecular weight is 687 g/mol. The molecule has 1 atom stereocenters. The molecule has 0 aliphatic carbocycles. The van der Waals surface area contributed by atoms with Crippen LogP contribution in [0.1, 0.15) is 10.9 Å². The summed E-state index contributed by atoms with van der Waals surface area (Å²) in [5, 5.41) is 11.8. The quantitative estimate of drug-likeness (QED) is 0.198. The summed E-state index contributed by atoms with van der Waals surface area (Å²) in [6.07, 6.45) is 0. The van der Waals surface area contributed by atoms with Crippen LogP contribution >= 0.6 is 23.1 Å². The Morgan fingerprint density at radius 1 is 0.510 bits per heavy atom. The van der Waals surface area contributed by atoms with Gasteiger partial charge in [0.25, 0.3) is 0 Å². The lowest BCUT2D eigenvalue weighted by atomic mass is 10.0. The molecule has 0 amide bonds. The van der Waals surface area contributed by atoms with Crippen LogP contribution in [0.3, 0.4) is 0 Å². The Bertz CT molecular complexity index is 2970. The van der Waals surface area contributed by atoms with Gasteiger partial charge in [0.1, 0.15) is 5.37 Å². The summed E-state index contributed by atoms with van der Waals surface area (Å²) in [5.41, 5.74) is 11.1. The van der Waals surface area contributed by atoms with Gasteiger partial charge in [0.05, 0.1) is 16.7 Å². The number of nitrogens with zero attached hydrogens (tertiary/aromatic N) is 1. The molecule has 0 saturated carbocycles. The number of anilines is 1. The zero-order chi connectivity index (χ0) is 33.5. The molecule has 1 aliphatic heterocycles. The molecule has 2 aromatic heterocycles. The fourth-order valence-corrected chi connectivity index (χ4v) is 10.6. The van der Waals surface area contributed by atoms with E-state index in [9.17, 15) is 0 Å². The summed E-state index contributed by atoms with van der Waals surface area (Å²) in [4.78, 5) is 1.35. The first-order valence-electron chi connectivity index (χ1n) is 17.4. The van der Waals surface area contributed by atoms with Gasteiger partial charge in [0.15, 0.2) is 0 Å². The zero-order valence-corrected chi connectivity index (χ0v) is 29.1. The fraction of sp³-hybridized carbons (Fsp3) is 0.0213. The number of benzene rings is 8. The van der Waals surface area contributed by atoms with Crippen LogP contribution < -0.4 is 5.32 Å². The number of hydrogen-bond donors (Lipinski definition) is 1. The van der Waals surface area contributed by atoms with E-state index in [2.05, 4.69) is 180 Å². The Labute approximate surface area is 303 Å². The van der Waals surface area contributed by atoms with E-state index in [1.54, 1.807) is 0 Å². The number of hydrogen-bond acceptors (Lipinski definition) is 3. The number of thioether (sulfide) groups is 1. The van der Waals surface area contributed by atoms with Crippen molar-refractivity contribution in [2.45, 2.75) is 10.3 Å². The van der Waals surface area contributed by atoms with Crippen molar-refractivity contribution >= 4 is 81.5 Å². The maximum absolute atomic E-state index is 3.91. The Hall–Kier alpha value is -5.81. The van der Waals surface area contributed by atoms with Crippen LogP contribution in [0.25, 0.3) is 80.7 Å². The molecule has 0 fully saturated rings. The van der Waals surface area contributed by atoms with E-state index in [0.717, 1.165) is 0 Å². The fourth-order valence-electron chi connectivity index (χ4n) is 7.97. The molecule has 3 heterocycles. The van der Waals surface area contributed by atoms with Crippen LogP contribution in [0.15, 0.2) is 175 Å². The second-order valence-electron chi connectivity index (χ2n) is 13.3. The van der Waals surface area contributed by atoms with Gasteiger partial charge < -0.3 is 9.88 Å². The molecule has 1 N–H and O–H groups in total. The SMILES string of the molecule is c1ccc(-c2cc3c(c4c2sc2ccccc24)SC(c2ccc(-c4ccc5c6ccccc6n(-c6ccc7ccccc7c6)c5c4)cc2)N3)cc1. The predicted molar refractivity (Wildman–Crippen MR) is 221 cm³/mol. The molecule has 0 radical (unpaired) electrons. The molecular formula is C47H30N2S2. The molecule has 8 aromatic carbocycles. The van der Waals surface area contributed by atoms with Gasteiger partial charge in [-0.3, -0.25) is 0 Å². The van der Waals surface area contributed by atoms with Crippen LogP contribution in [0.2, 0.25) is 0 Å². The van der Waals surface area contributed by atoms with Crippen LogP contribution in [-0.4, -0.2) is 4.57 Å². The van der Waals surface area contributed by atoms with Crippen molar-refractivity contribution in [3.63, 3.8) is 0 Å². The lowest BCUT2D eigenvalue weighted by molar-refractivity contribution is 1.14. The first-order chi connectivity index (χ1) is 25.3. The summed E-state index contributed by atoms with van der Waals surface area (Å²) in [6, 6.07) is 62.3. The van der Waals surface area contributed by atoms with Crippen molar-refractivity contribution in [1.82, 2.24) is 4.57 Å². The summed E-state index contributed by atoms with van der Waals surface area (Å²) >= 11 is 3.85. The van der Waals surface area contributed by atoms with E-state index in [4.69, 9.17) is 0 Å². The highest BCUT2D eigenvalue weighted by Crippen LogP contribution is 2.55. The van der Waals surface area contributed by atoms with Crippen LogP contribution in [0, 0.1) is 0 Å². The standard InChI is InChI=1S/C47H30N2S2/c1-2-11-31(12-3-1)39-28-40-46(44-38-15-7-9-17-43(38)50-45(39)44)51-47(48-40)32-20-18-30(19-21-32)34-23-25-37-36-14-6-8-16-41(36)49(42(37)27-34)35-24-22-29-10-4-5-13-33(29)26-35/h1-28,47-48H. The minimum Gasteiger partial charge on any atom is -0.368 e. The molecule has 10 aromatic rings. The third kappa shape index (κ3) is 4.57. The Morgan fingerprint density at radius 2 is 1.24 bits per heavy atom. The van der Waals surface area contributed by atoms with Gasteiger partial charge in [-0.15, -0.1) is 11.3 Å². The van der Waals surface area contributed by atoms with Crippen molar-refractivity contribution in [3.8, 4) is 27.9 Å². The molecule has 1 unspecified atom stereocenters. The molecule has 0 spiro atoms. The maximum Gasteiger partial charge on any atom is 0.103 e. The molecule has 2 nitrogen and oxygen atoms in total. The van der Waals surface area contributed by atoms with Crippen molar-refractivity contribution in [1.29, 1.82) is 0 Å². The average Bonchev–Trinajstić information content (AvgIpc) is 3.89. The predicted octanol–water partition coefficient (Wildman–Crippen LogP) is 13.9. The number of fused-ring (bicyclic) bond motifs is 9. The van der Waals surface area contributed by atoms with E-state index >= 15 is 0 Å². The lowest BCUT2D eigenvalue weighted by Gasteiger charge is -2.13. The Balaban J connectivity index is 0.978. The van der Waals surface area contributed by atoms with E-state index in [1.807, 2.05) is 23.1 Å². The number of aromatic nitrogens is 1. The van der Waals surface area contributed by atoms with Gasteiger partial charge in [-0.1, -0.05) is 145 Å². The molecule has 240 valence electrons. The minimum absolute atomic E-state index is 0.139. The van der Waals surface area contributed by atoms with Crippen molar-refractivity contribution in [3.05, 3.63) is 175 Å².